The number of carboxylic acid groups (broad SMARTS) is 1. The van der Waals surface area contributed by atoms with Crippen molar-refractivity contribution in [2.24, 2.45) is 0 Å². The minimum atomic E-state index is -1.00. The lowest BCUT2D eigenvalue weighted by molar-refractivity contribution is 0.203. The molecule has 3 nitrogen and oxygen atoms in total. The Morgan fingerprint density at radius 2 is 2.25 bits per heavy atom. The molecule has 1 aromatic carbocycles. The van der Waals surface area contributed by atoms with Crippen molar-refractivity contribution in [2.45, 2.75) is 0 Å². The van der Waals surface area contributed by atoms with Crippen LogP contribution in [0.4, 0.5) is 10.5 Å². The van der Waals surface area contributed by atoms with Gasteiger partial charge in [0.2, 0.25) is 0 Å². The van der Waals surface area contributed by atoms with Crippen LogP contribution in [-0.4, -0.2) is 18.2 Å². The quantitative estimate of drug-likeness (QED) is 0.730. The molecule has 12 heavy (non-hydrogen) atoms. The van der Waals surface area contributed by atoms with Gasteiger partial charge in [-0.3, -0.25) is 4.90 Å². The van der Waals surface area contributed by atoms with Gasteiger partial charge in [-0.05, 0) is 18.2 Å². The Hall–Kier alpha value is -1.22. The predicted octanol–water partition coefficient (Wildman–Crippen LogP) is 2.45. The highest BCUT2D eigenvalue weighted by Gasteiger charge is 2.07. The van der Waals surface area contributed by atoms with Crippen molar-refractivity contribution < 1.29 is 9.90 Å². The van der Waals surface area contributed by atoms with E-state index in [1.54, 1.807) is 24.3 Å². The topological polar surface area (TPSA) is 40.5 Å². The molecule has 1 aromatic rings. The first-order chi connectivity index (χ1) is 5.61. The number of nitrogens with zero attached hydrogens (tertiary/aromatic N) is 1. The molecule has 0 aromatic heterocycles. The monoisotopic (exact) mass is 185 g/mol. The van der Waals surface area contributed by atoms with Crippen LogP contribution in [0, 0.1) is 0 Å². The highest BCUT2D eigenvalue weighted by Crippen LogP contribution is 2.17. The van der Waals surface area contributed by atoms with Crippen LogP contribution >= 0.6 is 11.6 Å². The van der Waals surface area contributed by atoms with Gasteiger partial charge in [0.05, 0.1) is 0 Å². The fourth-order valence-electron chi connectivity index (χ4n) is 0.795. The zero-order chi connectivity index (χ0) is 9.14. The van der Waals surface area contributed by atoms with E-state index in [-0.39, 0.29) is 0 Å². The van der Waals surface area contributed by atoms with Crippen molar-refractivity contribution in [2.75, 3.05) is 11.9 Å². The SMILES string of the molecule is CN(C(=O)O)c1cccc(Cl)c1. The Bertz CT molecular complexity index is 301. The molecule has 0 aliphatic rings. The van der Waals surface area contributed by atoms with Crippen LogP contribution < -0.4 is 4.90 Å². The number of rotatable bonds is 1. The van der Waals surface area contributed by atoms with Crippen LogP contribution in [0.2, 0.25) is 5.02 Å². The predicted molar refractivity (Wildman–Crippen MR) is 47.9 cm³/mol. The lowest BCUT2D eigenvalue weighted by atomic mass is 10.3. The average molecular weight is 186 g/mol. The molecule has 1 N–H and O–H groups in total. The fraction of sp³-hybridized carbons (Fsp3) is 0.125. The number of halogens is 1. The van der Waals surface area contributed by atoms with Crippen LogP contribution in [0.25, 0.3) is 0 Å². The molecule has 0 atom stereocenters. The van der Waals surface area contributed by atoms with Gasteiger partial charge < -0.3 is 5.11 Å². The fourth-order valence-corrected chi connectivity index (χ4v) is 0.980. The maximum Gasteiger partial charge on any atom is 0.411 e. The standard InChI is InChI=1S/C8H8ClNO2/c1-10(8(11)12)7-4-2-3-6(9)5-7/h2-5H,1H3,(H,11,12). The third kappa shape index (κ3) is 1.89. The minimum Gasteiger partial charge on any atom is -0.465 e. The highest BCUT2D eigenvalue weighted by molar-refractivity contribution is 6.30. The third-order valence-corrected chi connectivity index (χ3v) is 1.72. The first-order valence-electron chi connectivity index (χ1n) is 3.33. The molecule has 0 radical (unpaired) electrons. The highest BCUT2D eigenvalue weighted by atomic mass is 35.5. The summed E-state index contributed by atoms with van der Waals surface area (Å²) >= 11 is 5.67. The maximum atomic E-state index is 10.5. The average Bonchev–Trinajstić information content (AvgIpc) is 2.03. The Kier molecular flexibility index (Phi) is 2.55. The summed E-state index contributed by atoms with van der Waals surface area (Å²) < 4.78 is 0. The molecule has 0 saturated heterocycles. The smallest absolute Gasteiger partial charge is 0.411 e. The number of hydrogen-bond acceptors (Lipinski definition) is 1. The molecule has 1 rings (SSSR count). The first-order valence-corrected chi connectivity index (χ1v) is 3.71. The van der Waals surface area contributed by atoms with Crippen molar-refractivity contribution in [3.8, 4) is 0 Å². The molecule has 0 unspecified atom stereocenters. The van der Waals surface area contributed by atoms with Gasteiger partial charge in [-0.1, -0.05) is 17.7 Å². The van der Waals surface area contributed by atoms with E-state index in [9.17, 15) is 4.79 Å². The Labute approximate surface area is 75.2 Å². The van der Waals surface area contributed by atoms with Crippen molar-refractivity contribution >= 4 is 23.4 Å². The van der Waals surface area contributed by atoms with Gasteiger partial charge in [0.1, 0.15) is 0 Å². The number of anilines is 1. The molecular weight excluding hydrogens is 178 g/mol. The molecule has 0 aliphatic carbocycles. The summed E-state index contributed by atoms with van der Waals surface area (Å²) in [6.45, 7) is 0. The Balaban J connectivity index is 2.95. The van der Waals surface area contributed by atoms with Gasteiger partial charge in [-0.2, -0.15) is 0 Å². The van der Waals surface area contributed by atoms with Crippen molar-refractivity contribution in [1.29, 1.82) is 0 Å². The molecule has 0 saturated carbocycles. The lowest BCUT2D eigenvalue weighted by Gasteiger charge is -2.12. The van der Waals surface area contributed by atoms with Gasteiger partial charge in [-0.15, -0.1) is 0 Å². The van der Waals surface area contributed by atoms with Crippen LogP contribution in [0.5, 0.6) is 0 Å². The van der Waals surface area contributed by atoms with Gasteiger partial charge in [-0.25, -0.2) is 4.79 Å². The van der Waals surface area contributed by atoms with E-state index in [0.717, 1.165) is 4.90 Å². The van der Waals surface area contributed by atoms with Crippen LogP contribution in [0.3, 0.4) is 0 Å². The van der Waals surface area contributed by atoms with Crippen LogP contribution in [-0.2, 0) is 0 Å². The first kappa shape index (κ1) is 8.87. The summed E-state index contributed by atoms with van der Waals surface area (Å²) in [5, 5.41) is 9.14. The summed E-state index contributed by atoms with van der Waals surface area (Å²) in [4.78, 5) is 11.6. The Morgan fingerprint density at radius 1 is 1.58 bits per heavy atom. The van der Waals surface area contributed by atoms with E-state index >= 15 is 0 Å². The molecule has 0 spiro atoms. The second kappa shape index (κ2) is 3.45. The maximum absolute atomic E-state index is 10.5. The number of carbonyl (C=O) groups is 1. The number of amides is 1. The van der Waals surface area contributed by atoms with Gasteiger partial charge in [0.25, 0.3) is 0 Å². The molecule has 0 fully saturated rings. The van der Waals surface area contributed by atoms with Crippen molar-refractivity contribution in [1.82, 2.24) is 0 Å². The molecule has 0 bridgehead atoms. The zero-order valence-corrected chi connectivity index (χ0v) is 7.25. The molecular formula is C8H8ClNO2. The van der Waals surface area contributed by atoms with E-state index in [1.807, 2.05) is 0 Å². The summed E-state index contributed by atoms with van der Waals surface area (Å²) in [6.07, 6.45) is -1.00. The number of benzene rings is 1. The largest absolute Gasteiger partial charge is 0.465 e. The number of hydrogen-bond donors (Lipinski definition) is 1. The van der Waals surface area contributed by atoms with E-state index in [1.165, 1.54) is 7.05 Å². The molecule has 0 heterocycles. The van der Waals surface area contributed by atoms with E-state index in [2.05, 4.69) is 0 Å². The normalized spacial score (nSPS) is 9.50. The zero-order valence-electron chi connectivity index (χ0n) is 6.49. The molecule has 64 valence electrons. The summed E-state index contributed by atoms with van der Waals surface area (Å²) in [5.74, 6) is 0. The van der Waals surface area contributed by atoms with E-state index in [0.29, 0.717) is 10.7 Å². The van der Waals surface area contributed by atoms with Gasteiger partial charge in [0, 0.05) is 17.8 Å². The van der Waals surface area contributed by atoms with E-state index in [4.69, 9.17) is 16.7 Å². The summed E-state index contributed by atoms with van der Waals surface area (Å²) in [7, 11) is 1.47. The Morgan fingerprint density at radius 3 is 2.75 bits per heavy atom. The van der Waals surface area contributed by atoms with Gasteiger partial charge >= 0.3 is 6.09 Å². The lowest BCUT2D eigenvalue weighted by Crippen LogP contribution is -2.23. The van der Waals surface area contributed by atoms with E-state index < -0.39 is 6.09 Å². The second-order valence-corrected chi connectivity index (χ2v) is 2.76. The second-order valence-electron chi connectivity index (χ2n) is 2.32. The minimum absolute atomic E-state index is 0.528. The summed E-state index contributed by atoms with van der Waals surface area (Å²) in [6, 6.07) is 6.67. The van der Waals surface area contributed by atoms with Crippen molar-refractivity contribution in [3.05, 3.63) is 29.3 Å². The molecule has 0 aliphatic heterocycles. The summed E-state index contributed by atoms with van der Waals surface area (Å²) in [5.41, 5.74) is 0.565. The molecule has 4 heteroatoms. The van der Waals surface area contributed by atoms with Crippen molar-refractivity contribution in [3.63, 3.8) is 0 Å². The van der Waals surface area contributed by atoms with Crippen LogP contribution in [0.15, 0.2) is 24.3 Å². The molecule has 1 amide bonds. The van der Waals surface area contributed by atoms with Crippen LogP contribution in [0.1, 0.15) is 0 Å². The third-order valence-electron chi connectivity index (χ3n) is 1.48. The van der Waals surface area contributed by atoms with Gasteiger partial charge in [0.15, 0.2) is 0 Å².